The first-order valence-corrected chi connectivity index (χ1v) is 10.0. The Bertz CT molecular complexity index is 1020. The minimum absolute atomic E-state index is 0.427. The quantitative estimate of drug-likeness (QED) is 0.572. The summed E-state index contributed by atoms with van der Waals surface area (Å²) in [5.41, 5.74) is 19.2. The van der Waals surface area contributed by atoms with Gasteiger partial charge in [0.05, 0.1) is 22.4 Å². The summed E-state index contributed by atoms with van der Waals surface area (Å²) in [6.45, 7) is 8.25. The molecule has 4 rings (SSSR count). The van der Waals surface area contributed by atoms with Crippen LogP contribution in [-0.2, 0) is 11.3 Å². The Morgan fingerprint density at radius 3 is 2.45 bits per heavy atom. The molecule has 1 aliphatic rings. The Hall–Kier alpha value is -3.03. The molecule has 4 N–H and O–H groups in total. The molecule has 2 aromatic carbocycles. The van der Waals surface area contributed by atoms with Crippen LogP contribution in [0.15, 0.2) is 48.5 Å². The minimum atomic E-state index is 0.427. The van der Waals surface area contributed by atoms with Crippen molar-refractivity contribution in [2.75, 3.05) is 19.1 Å². The van der Waals surface area contributed by atoms with Crippen molar-refractivity contribution >= 4 is 28.4 Å². The third-order valence-corrected chi connectivity index (χ3v) is 4.84. The Morgan fingerprint density at radius 1 is 1.03 bits per heavy atom. The van der Waals surface area contributed by atoms with Gasteiger partial charge in [-0.05, 0) is 25.0 Å². The van der Waals surface area contributed by atoms with E-state index in [4.69, 9.17) is 10.5 Å². The van der Waals surface area contributed by atoms with E-state index in [1.807, 2.05) is 36.3 Å². The number of hydrogen-bond donors (Lipinski definition) is 3. The summed E-state index contributed by atoms with van der Waals surface area (Å²) in [4.78, 5) is 4.52. The van der Waals surface area contributed by atoms with Crippen LogP contribution in [-0.4, -0.2) is 28.0 Å². The van der Waals surface area contributed by atoms with Crippen LogP contribution < -0.4 is 16.6 Å². The molecule has 0 radical (unpaired) electrons. The first kappa shape index (κ1) is 19.3. The van der Waals surface area contributed by atoms with Gasteiger partial charge in [-0.3, -0.25) is 10.9 Å². The number of hydrogen-bond acceptors (Lipinski definition) is 6. The normalized spacial score (nSPS) is 14.6. The smallest absolute Gasteiger partial charge is 0.201 e. The lowest BCUT2D eigenvalue weighted by molar-refractivity contribution is 0.00350. The molecule has 0 aliphatic carbocycles. The van der Waals surface area contributed by atoms with Crippen LogP contribution >= 0.6 is 0 Å². The maximum atomic E-state index is 6.19. The van der Waals surface area contributed by atoms with Crippen molar-refractivity contribution in [3.63, 3.8) is 0 Å². The number of nitrogens with zero attached hydrogens (tertiary/aromatic N) is 3. The molecule has 0 saturated carbocycles. The number of aromatic nitrogens is 2. The summed E-state index contributed by atoms with van der Waals surface area (Å²) in [7, 11) is 0. The molecule has 0 atom stereocenters. The highest BCUT2D eigenvalue weighted by molar-refractivity contribution is 5.93. The van der Waals surface area contributed by atoms with E-state index >= 15 is 0 Å². The number of nitrogens with two attached hydrogens (primary N) is 1. The fourth-order valence-corrected chi connectivity index (χ4v) is 3.53. The second kappa shape index (κ2) is 8.14. The molecule has 0 amide bonds. The van der Waals surface area contributed by atoms with Gasteiger partial charge in [0.1, 0.15) is 6.73 Å². The average molecular weight is 393 g/mol. The third-order valence-electron chi connectivity index (χ3n) is 4.84. The fourth-order valence-electron chi connectivity index (χ4n) is 3.53. The summed E-state index contributed by atoms with van der Waals surface area (Å²) in [5, 5.41) is 1.85. The minimum Gasteiger partial charge on any atom is -0.369 e. The van der Waals surface area contributed by atoms with Crippen molar-refractivity contribution in [1.29, 1.82) is 0 Å². The Morgan fingerprint density at radius 2 is 1.76 bits per heavy atom. The first-order chi connectivity index (χ1) is 14.1. The zero-order valence-corrected chi connectivity index (χ0v) is 17.1. The number of fused-ring (bicyclic) bond motifs is 1. The lowest BCUT2D eigenvalue weighted by Gasteiger charge is -2.17. The second-order valence-electron chi connectivity index (χ2n) is 7.57. The van der Waals surface area contributed by atoms with Crippen molar-refractivity contribution in [2.24, 2.45) is 5.92 Å². The highest BCUT2D eigenvalue weighted by Crippen LogP contribution is 2.30. The average Bonchev–Trinajstić information content (AvgIpc) is 3.28. The zero-order chi connectivity index (χ0) is 20.4. The summed E-state index contributed by atoms with van der Waals surface area (Å²) in [5.74, 6) is 1.03. The molecule has 0 bridgehead atoms. The van der Waals surface area contributed by atoms with Crippen LogP contribution in [0.25, 0.3) is 22.4 Å². The molecule has 7 nitrogen and oxygen atoms in total. The van der Waals surface area contributed by atoms with Gasteiger partial charge < -0.3 is 15.0 Å². The third kappa shape index (κ3) is 3.92. The number of benzene rings is 2. The van der Waals surface area contributed by atoms with E-state index in [1.165, 1.54) is 0 Å². The summed E-state index contributed by atoms with van der Waals surface area (Å²) < 4.78 is 7.66. The van der Waals surface area contributed by atoms with Crippen molar-refractivity contribution in [3.05, 3.63) is 59.7 Å². The van der Waals surface area contributed by atoms with Gasteiger partial charge in [-0.2, -0.15) is 0 Å². The van der Waals surface area contributed by atoms with Crippen LogP contribution in [0.1, 0.15) is 31.9 Å². The molecular weight excluding hydrogens is 364 g/mol. The van der Waals surface area contributed by atoms with Crippen molar-refractivity contribution in [3.8, 4) is 0 Å². The molecule has 3 aromatic rings. The van der Waals surface area contributed by atoms with E-state index in [2.05, 4.69) is 58.5 Å². The molecule has 29 heavy (non-hydrogen) atoms. The van der Waals surface area contributed by atoms with Crippen molar-refractivity contribution in [1.82, 2.24) is 25.5 Å². The molecule has 0 fully saturated rings. The Balaban J connectivity index is 1.78. The number of ether oxygens (including phenoxy) is 1. The zero-order valence-electron chi connectivity index (χ0n) is 17.1. The van der Waals surface area contributed by atoms with Crippen LogP contribution in [0, 0.1) is 5.92 Å². The van der Waals surface area contributed by atoms with Gasteiger partial charge in [0.2, 0.25) is 5.95 Å². The van der Waals surface area contributed by atoms with E-state index in [0.717, 1.165) is 40.1 Å². The van der Waals surface area contributed by atoms with Crippen molar-refractivity contribution < 1.29 is 4.74 Å². The van der Waals surface area contributed by atoms with Gasteiger partial charge in [0, 0.05) is 24.3 Å². The van der Waals surface area contributed by atoms with Crippen LogP contribution in [0.4, 0.5) is 5.95 Å². The van der Waals surface area contributed by atoms with Crippen LogP contribution in [0.2, 0.25) is 0 Å². The lowest BCUT2D eigenvalue weighted by Crippen LogP contribution is -2.41. The molecule has 0 spiro atoms. The molecule has 0 saturated heterocycles. The topological polar surface area (TPSA) is 80.4 Å². The fraction of sp³-hybridized carbons (Fsp3) is 0.318. The summed E-state index contributed by atoms with van der Waals surface area (Å²) in [6.07, 6.45) is 0. The van der Waals surface area contributed by atoms with E-state index in [0.29, 0.717) is 25.2 Å². The predicted molar refractivity (Wildman–Crippen MR) is 117 cm³/mol. The summed E-state index contributed by atoms with van der Waals surface area (Å²) in [6, 6.07) is 16.5. The van der Waals surface area contributed by atoms with Gasteiger partial charge in [-0.15, -0.1) is 5.12 Å². The largest absolute Gasteiger partial charge is 0.369 e. The van der Waals surface area contributed by atoms with Crippen molar-refractivity contribution in [2.45, 2.75) is 27.3 Å². The Kier molecular flexibility index (Phi) is 5.42. The maximum Gasteiger partial charge on any atom is 0.201 e. The molecule has 2 heterocycles. The van der Waals surface area contributed by atoms with Gasteiger partial charge in [-0.25, -0.2) is 4.98 Å². The number of anilines is 1. The summed E-state index contributed by atoms with van der Waals surface area (Å²) >= 11 is 0. The van der Waals surface area contributed by atoms with E-state index in [-0.39, 0.29) is 0 Å². The highest BCUT2D eigenvalue weighted by atomic mass is 16.5. The van der Waals surface area contributed by atoms with Gasteiger partial charge in [0.15, 0.2) is 0 Å². The van der Waals surface area contributed by atoms with Gasteiger partial charge in [0.25, 0.3) is 0 Å². The molecular formula is C22H28N6O. The number of nitrogen functional groups attached to an aromatic ring is 1. The van der Waals surface area contributed by atoms with Crippen LogP contribution in [0.5, 0.6) is 0 Å². The lowest BCUT2D eigenvalue weighted by atomic mass is 10.1. The molecule has 1 aliphatic heterocycles. The number of rotatable bonds is 7. The van der Waals surface area contributed by atoms with E-state index < -0.39 is 0 Å². The molecule has 1 aromatic heterocycles. The molecule has 152 valence electrons. The van der Waals surface area contributed by atoms with Crippen LogP contribution in [0.3, 0.4) is 0 Å². The first-order valence-electron chi connectivity index (χ1n) is 10.0. The highest BCUT2D eigenvalue weighted by Gasteiger charge is 2.24. The van der Waals surface area contributed by atoms with Gasteiger partial charge in [-0.1, -0.05) is 50.2 Å². The SMILES string of the molecule is CCOCN1NC(c2ccccc2)=C(c2ccc3nc(N)n(CC(C)C)c3c2)N1. The maximum absolute atomic E-state index is 6.19. The Labute approximate surface area is 171 Å². The number of nitrogens with one attached hydrogen (secondary N) is 2. The van der Waals surface area contributed by atoms with Gasteiger partial charge >= 0.3 is 0 Å². The number of hydrazine groups is 2. The molecule has 0 unspecified atom stereocenters. The standard InChI is InChI=1S/C22H28N6O/c1-4-29-14-28-25-20(16-8-6-5-7-9-16)21(26-28)17-10-11-18-19(12-17)27(13-15(2)3)22(23)24-18/h5-12,15,25-26H,4,13-14H2,1-3H3,(H2,23,24). The molecule has 7 heteroatoms. The van der Waals surface area contributed by atoms with E-state index in [1.54, 1.807) is 0 Å². The predicted octanol–water partition coefficient (Wildman–Crippen LogP) is 3.42. The van der Waals surface area contributed by atoms with E-state index in [9.17, 15) is 0 Å². The number of imidazole rings is 1. The monoisotopic (exact) mass is 392 g/mol. The second-order valence-corrected chi connectivity index (χ2v) is 7.57.